The maximum atomic E-state index is 12.1. The zero-order valence-corrected chi connectivity index (χ0v) is 6.51. The quantitative estimate of drug-likeness (QED) is 0.602. The van der Waals surface area contributed by atoms with Gasteiger partial charge in [-0.15, -0.1) is 0 Å². The number of rotatable bonds is 0. The number of β-amino-alcohol motifs (C(OH)–C–C–N with tert-alkyl or cyclic N) is 1. The second-order valence-electron chi connectivity index (χ2n) is 2.98. The van der Waals surface area contributed by atoms with Crippen LogP contribution in [0.15, 0.2) is 0 Å². The summed E-state index contributed by atoms with van der Waals surface area (Å²) in [6.07, 6.45) is -6.81. The molecule has 1 aliphatic heterocycles. The number of hydrogen-bond acceptors (Lipinski definition) is 2. The van der Waals surface area contributed by atoms with E-state index >= 15 is 0 Å². The van der Waals surface area contributed by atoms with E-state index in [-0.39, 0.29) is 6.54 Å². The monoisotopic (exact) mass is 199 g/mol. The van der Waals surface area contributed by atoms with Crippen LogP contribution >= 0.6 is 0 Å². The van der Waals surface area contributed by atoms with Gasteiger partial charge in [0.05, 0.1) is 6.54 Å². The predicted octanol–water partition coefficient (Wildman–Crippen LogP) is 0.664. The number of alkyl halides is 3. The van der Waals surface area contributed by atoms with Crippen LogP contribution in [0.1, 0.15) is 6.42 Å². The number of halogens is 3. The van der Waals surface area contributed by atoms with E-state index < -0.39 is 30.8 Å². The van der Waals surface area contributed by atoms with E-state index in [2.05, 4.69) is 0 Å². The molecule has 76 valence electrons. The molecule has 7 heteroatoms. The Balaban J connectivity index is 2.72. The van der Waals surface area contributed by atoms with Gasteiger partial charge < -0.3 is 15.1 Å². The van der Waals surface area contributed by atoms with Gasteiger partial charge in [0.15, 0.2) is 5.60 Å². The summed E-state index contributed by atoms with van der Waals surface area (Å²) in [5.74, 6) is 0. The van der Waals surface area contributed by atoms with Crippen LogP contribution in [0.4, 0.5) is 18.0 Å². The third kappa shape index (κ3) is 1.69. The number of carbonyl (C=O) groups is 1. The number of aliphatic hydroxyl groups is 1. The summed E-state index contributed by atoms with van der Waals surface area (Å²) in [5.41, 5.74) is -2.87. The summed E-state index contributed by atoms with van der Waals surface area (Å²) in [4.78, 5) is 10.8. The van der Waals surface area contributed by atoms with Gasteiger partial charge in [-0.05, 0) is 0 Å². The molecule has 0 aromatic rings. The fraction of sp³-hybridized carbons (Fsp3) is 0.833. The van der Waals surface area contributed by atoms with Crippen LogP contribution in [0.25, 0.3) is 0 Å². The third-order valence-corrected chi connectivity index (χ3v) is 2.05. The lowest BCUT2D eigenvalue weighted by atomic mass is 10.0. The molecule has 0 aliphatic carbocycles. The lowest BCUT2D eigenvalue weighted by Gasteiger charge is -2.25. The number of amides is 1. The Hall–Kier alpha value is -0.980. The van der Waals surface area contributed by atoms with Gasteiger partial charge in [-0.1, -0.05) is 0 Å². The Kier molecular flexibility index (Phi) is 2.15. The highest BCUT2D eigenvalue weighted by molar-refractivity contribution is 5.65. The van der Waals surface area contributed by atoms with E-state index in [0.29, 0.717) is 4.90 Å². The van der Waals surface area contributed by atoms with E-state index in [1.165, 1.54) is 0 Å². The molecule has 0 radical (unpaired) electrons. The van der Waals surface area contributed by atoms with E-state index in [1.807, 2.05) is 0 Å². The van der Waals surface area contributed by atoms with Gasteiger partial charge >= 0.3 is 12.3 Å². The maximum absolute atomic E-state index is 12.1. The molecular formula is C6H8F3NO3. The van der Waals surface area contributed by atoms with E-state index in [0.717, 1.165) is 0 Å². The van der Waals surface area contributed by atoms with Gasteiger partial charge in [-0.2, -0.15) is 13.2 Å². The van der Waals surface area contributed by atoms with Crippen molar-refractivity contribution in [2.75, 3.05) is 13.1 Å². The SMILES string of the molecule is O=C(O)N1CCC(O)(C(F)(F)F)C1. The first-order valence-electron chi connectivity index (χ1n) is 3.53. The maximum Gasteiger partial charge on any atom is 0.419 e. The molecule has 1 aliphatic rings. The first-order chi connectivity index (χ1) is 5.76. The fourth-order valence-electron chi connectivity index (χ4n) is 1.19. The lowest BCUT2D eigenvalue weighted by molar-refractivity contribution is -0.253. The van der Waals surface area contributed by atoms with Crippen molar-refractivity contribution in [2.24, 2.45) is 0 Å². The third-order valence-electron chi connectivity index (χ3n) is 2.05. The largest absolute Gasteiger partial charge is 0.465 e. The summed E-state index contributed by atoms with van der Waals surface area (Å²) in [6.45, 7) is -1.18. The fourth-order valence-corrected chi connectivity index (χ4v) is 1.19. The predicted molar refractivity (Wildman–Crippen MR) is 35.2 cm³/mol. The topological polar surface area (TPSA) is 60.8 Å². The van der Waals surface area contributed by atoms with Crippen molar-refractivity contribution in [3.05, 3.63) is 0 Å². The van der Waals surface area contributed by atoms with E-state index in [1.54, 1.807) is 0 Å². The van der Waals surface area contributed by atoms with Crippen LogP contribution in [0.3, 0.4) is 0 Å². The number of hydrogen-bond donors (Lipinski definition) is 2. The number of likely N-dealkylation sites (tertiary alicyclic amines) is 1. The Morgan fingerprint density at radius 2 is 2.00 bits per heavy atom. The second kappa shape index (κ2) is 2.76. The van der Waals surface area contributed by atoms with Crippen LogP contribution in [-0.4, -0.2) is 46.1 Å². The highest BCUT2D eigenvalue weighted by atomic mass is 19.4. The minimum absolute atomic E-state index is 0.286. The van der Waals surface area contributed by atoms with Crippen LogP contribution < -0.4 is 0 Å². The molecule has 1 amide bonds. The first kappa shape index (κ1) is 10.1. The molecule has 1 saturated heterocycles. The van der Waals surface area contributed by atoms with Crippen molar-refractivity contribution >= 4 is 6.09 Å². The summed E-state index contributed by atoms with van der Waals surface area (Å²) in [6, 6.07) is 0. The van der Waals surface area contributed by atoms with Crippen molar-refractivity contribution in [2.45, 2.75) is 18.2 Å². The molecular weight excluding hydrogens is 191 g/mol. The Morgan fingerprint density at radius 3 is 2.23 bits per heavy atom. The van der Waals surface area contributed by atoms with Gasteiger partial charge in [0, 0.05) is 13.0 Å². The molecule has 1 rings (SSSR count). The Bertz CT molecular complexity index is 230. The highest BCUT2D eigenvalue weighted by Gasteiger charge is 2.57. The molecule has 0 aromatic carbocycles. The average molecular weight is 199 g/mol. The molecule has 4 nitrogen and oxygen atoms in total. The van der Waals surface area contributed by atoms with Crippen molar-refractivity contribution < 1.29 is 28.2 Å². The van der Waals surface area contributed by atoms with Crippen LogP contribution in [0.5, 0.6) is 0 Å². The van der Waals surface area contributed by atoms with Gasteiger partial charge in [0.1, 0.15) is 0 Å². The van der Waals surface area contributed by atoms with Crippen LogP contribution in [0, 0.1) is 0 Å². The Morgan fingerprint density at radius 1 is 1.46 bits per heavy atom. The Labute approximate surface area is 71.6 Å². The van der Waals surface area contributed by atoms with Gasteiger partial charge in [0.2, 0.25) is 0 Å². The molecule has 1 fully saturated rings. The minimum atomic E-state index is -4.77. The summed E-state index contributed by atoms with van der Waals surface area (Å²) >= 11 is 0. The van der Waals surface area contributed by atoms with Crippen LogP contribution in [0.2, 0.25) is 0 Å². The van der Waals surface area contributed by atoms with Crippen molar-refractivity contribution in [1.82, 2.24) is 4.90 Å². The lowest BCUT2D eigenvalue weighted by Crippen LogP contribution is -2.47. The summed E-state index contributed by atoms with van der Waals surface area (Å²) < 4.78 is 36.3. The molecule has 1 atom stereocenters. The molecule has 2 N–H and O–H groups in total. The molecule has 0 spiro atoms. The normalized spacial score (nSPS) is 29.4. The average Bonchev–Trinajstić information content (AvgIpc) is 2.31. The molecule has 0 bridgehead atoms. The first-order valence-corrected chi connectivity index (χ1v) is 3.53. The van der Waals surface area contributed by atoms with E-state index in [9.17, 15) is 18.0 Å². The van der Waals surface area contributed by atoms with Crippen molar-refractivity contribution in [3.63, 3.8) is 0 Å². The standard InChI is InChI=1S/C6H8F3NO3/c7-6(8,9)5(13)1-2-10(3-5)4(11)12/h13H,1-3H2,(H,11,12). The zero-order valence-electron chi connectivity index (χ0n) is 6.51. The van der Waals surface area contributed by atoms with Gasteiger partial charge in [-0.25, -0.2) is 4.79 Å². The van der Waals surface area contributed by atoms with Crippen LogP contribution in [-0.2, 0) is 0 Å². The van der Waals surface area contributed by atoms with Crippen molar-refractivity contribution in [3.8, 4) is 0 Å². The van der Waals surface area contributed by atoms with Gasteiger partial charge in [-0.3, -0.25) is 0 Å². The molecule has 1 heterocycles. The second-order valence-corrected chi connectivity index (χ2v) is 2.98. The molecule has 0 saturated carbocycles. The zero-order chi connectivity index (χ0) is 10.3. The molecule has 13 heavy (non-hydrogen) atoms. The van der Waals surface area contributed by atoms with E-state index in [4.69, 9.17) is 10.2 Å². The minimum Gasteiger partial charge on any atom is -0.465 e. The summed E-state index contributed by atoms with van der Waals surface area (Å²) in [5, 5.41) is 17.4. The molecule has 1 unspecified atom stereocenters. The van der Waals surface area contributed by atoms with Gasteiger partial charge in [0.25, 0.3) is 0 Å². The number of carboxylic acid groups (broad SMARTS) is 1. The summed E-state index contributed by atoms with van der Waals surface area (Å²) in [7, 11) is 0. The number of nitrogens with zero attached hydrogens (tertiary/aromatic N) is 1. The molecule has 0 aromatic heterocycles. The smallest absolute Gasteiger partial charge is 0.419 e. The highest BCUT2D eigenvalue weighted by Crippen LogP contribution is 2.37. The van der Waals surface area contributed by atoms with Crippen molar-refractivity contribution in [1.29, 1.82) is 0 Å².